The van der Waals surface area contributed by atoms with E-state index in [1.165, 1.54) is 24.3 Å². The number of hydrogen-bond donors (Lipinski definition) is 0. The highest BCUT2D eigenvalue weighted by Gasteiger charge is 2.69. The Morgan fingerprint density at radius 2 is 0.756 bits per heavy atom. The van der Waals surface area contributed by atoms with Gasteiger partial charge >= 0.3 is 24.7 Å². The molecule has 5 unspecified atom stereocenters. The molecule has 5 atom stereocenters. The second-order valence-electron chi connectivity index (χ2n) is 11.7. The Hall–Kier alpha value is -4.10. The smallest absolute Gasteiger partial charge is 0.289 e. The topological polar surface area (TPSA) is 34.1 Å². The zero-order valence-electron chi connectivity index (χ0n) is 21.8. The van der Waals surface area contributed by atoms with Gasteiger partial charge in [-0.25, -0.2) is 0 Å². The first-order chi connectivity index (χ1) is 20.8. The highest BCUT2D eigenvalue weighted by molar-refractivity contribution is 6.29. The zero-order valence-corrected chi connectivity index (χ0v) is 21.8. The maximum Gasteiger partial charge on any atom is 0.413 e. The maximum atomic E-state index is 14.7. The summed E-state index contributed by atoms with van der Waals surface area (Å²) >= 11 is 0. The Morgan fingerprint density at radius 1 is 0.400 bits per heavy atom. The van der Waals surface area contributed by atoms with Crippen LogP contribution in [0, 0.1) is 5.92 Å². The molecule has 0 amide bonds. The zero-order chi connectivity index (χ0) is 32.5. The quantitative estimate of drug-likeness (QED) is 0.164. The van der Waals surface area contributed by atoms with E-state index in [0.717, 1.165) is 18.2 Å². The molecule has 0 aromatic heterocycles. The Bertz CT molecular complexity index is 1960. The molecule has 0 spiro atoms. The van der Waals surface area contributed by atoms with E-state index < -0.39 is 122 Å². The number of hydrogen-bond acceptors (Lipinski definition) is 2. The monoisotopic (exact) mass is 644 g/mol. The fourth-order valence-electron chi connectivity index (χ4n) is 8.48. The lowest BCUT2D eigenvalue weighted by Crippen LogP contribution is -2.47. The van der Waals surface area contributed by atoms with Gasteiger partial charge in [0.2, 0.25) is 0 Å². The molecule has 0 radical (unpaired) electrons. The van der Waals surface area contributed by atoms with Crippen LogP contribution in [0.25, 0.3) is 0 Å². The lowest BCUT2D eigenvalue weighted by atomic mass is 9.53. The lowest BCUT2D eigenvalue weighted by Gasteiger charge is -2.48. The number of alkyl halides is 12. The van der Waals surface area contributed by atoms with Crippen LogP contribution in [0.1, 0.15) is 51.5 Å². The lowest BCUT2D eigenvalue weighted by molar-refractivity contribution is -0.129. The molecule has 7 aliphatic rings. The van der Waals surface area contributed by atoms with Crippen LogP contribution in [-0.4, -0.2) is 36.3 Å². The summed E-state index contributed by atoms with van der Waals surface area (Å²) in [6, 6.07) is 8.10. The van der Waals surface area contributed by atoms with Crippen LogP contribution >= 0.6 is 0 Å². The van der Waals surface area contributed by atoms with Crippen molar-refractivity contribution in [1.29, 1.82) is 0 Å². The molecule has 0 N–H and O–H groups in total. The van der Waals surface area contributed by atoms with Gasteiger partial charge in [0, 0.05) is 51.9 Å². The predicted molar refractivity (Wildman–Crippen MR) is 129 cm³/mol. The normalized spacial score (nSPS) is 28.4. The van der Waals surface area contributed by atoms with E-state index in [2.05, 4.69) is 0 Å². The second-order valence-corrected chi connectivity index (χ2v) is 11.7. The fraction of sp³-hybridized carbons (Fsp3) is 0.290. The van der Waals surface area contributed by atoms with Gasteiger partial charge in [-0.2, -0.15) is 52.7 Å². The number of benzene rings is 2. The molecule has 45 heavy (non-hydrogen) atoms. The standard InChI is InChI=1S/C31H12F12O2/c32-28(33,34)22-14-8-4-1-2-5-9(8)15(23(22)29(35,36)37)19-18(14)26(44)20-16-11-7-3-6-10-12(11)13(10)17(21(20)27(19)45)25(31(41,42)43)24(16)30(38,39)40/h1-7,13-17H. The molecular formula is C31H12F12O2. The first-order valence-corrected chi connectivity index (χ1v) is 13.3. The largest absolute Gasteiger partial charge is 0.413 e. The molecule has 2 nitrogen and oxygen atoms in total. The fourth-order valence-corrected chi connectivity index (χ4v) is 8.48. The minimum absolute atomic E-state index is 0.0396. The molecule has 0 fully saturated rings. The number of Topliss-reactive ketones (excluding diaryl/α,β-unsaturated/α-hetero) is 2. The van der Waals surface area contributed by atoms with Crippen LogP contribution < -0.4 is 0 Å². The van der Waals surface area contributed by atoms with Crippen LogP contribution in [0.4, 0.5) is 52.7 Å². The van der Waals surface area contributed by atoms with E-state index in [4.69, 9.17) is 0 Å². The number of rotatable bonds is 0. The third kappa shape index (κ3) is 3.34. The van der Waals surface area contributed by atoms with Crippen molar-refractivity contribution < 1.29 is 62.3 Å². The van der Waals surface area contributed by atoms with E-state index in [0.29, 0.717) is 0 Å². The van der Waals surface area contributed by atoms with Crippen molar-refractivity contribution in [3.05, 3.63) is 115 Å². The van der Waals surface area contributed by atoms with Gasteiger partial charge in [0.1, 0.15) is 0 Å². The molecule has 0 heterocycles. The van der Waals surface area contributed by atoms with Crippen LogP contribution in [0.15, 0.2) is 87.0 Å². The van der Waals surface area contributed by atoms with Crippen molar-refractivity contribution in [2.75, 3.05) is 0 Å². The Labute approximate surface area is 243 Å². The van der Waals surface area contributed by atoms with Gasteiger partial charge < -0.3 is 0 Å². The maximum absolute atomic E-state index is 14.7. The second kappa shape index (κ2) is 8.00. The molecule has 9 rings (SSSR count). The van der Waals surface area contributed by atoms with Crippen molar-refractivity contribution >= 4 is 11.6 Å². The summed E-state index contributed by atoms with van der Waals surface area (Å²) in [4.78, 5) is 28.7. The van der Waals surface area contributed by atoms with Gasteiger partial charge in [-0.05, 0) is 27.8 Å². The van der Waals surface area contributed by atoms with Gasteiger partial charge in [-0.15, -0.1) is 0 Å². The number of halogens is 12. The molecule has 2 aromatic carbocycles. The summed E-state index contributed by atoms with van der Waals surface area (Å²) in [6.07, 6.45) is -22.8. The molecule has 4 bridgehead atoms. The summed E-state index contributed by atoms with van der Waals surface area (Å²) in [5.74, 6) is -14.7. The van der Waals surface area contributed by atoms with Crippen molar-refractivity contribution in [3.63, 3.8) is 0 Å². The first kappa shape index (κ1) is 28.4. The van der Waals surface area contributed by atoms with Crippen molar-refractivity contribution in [1.82, 2.24) is 0 Å². The third-order valence-corrected chi connectivity index (χ3v) is 9.71. The SMILES string of the molecule is O=C1C2=C(C(=O)C3=C1C1C(C(F)(F)F)=C(C(F)(F)F)C3C3c4cccc1c43)C1C(C(F)(F)F)=C(C(F)(F)F)C2c2ccccc21. The summed E-state index contributed by atoms with van der Waals surface area (Å²) in [6.45, 7) is 0. The minimum Gasteiger partial charge on any atom is -0.289 e. The molecule has 0 saturated carbocycles. The van der Waals surface area contributed by atoms with E-state index in [-0.39, 0.29) is 16.7 Å². The number of fused-ring (bicyclic) bond motifs is 3. The van der Waals surface area contributed by atoms with E-state index in [1.807, 2.05) is 0 Å². The van der Waals surface area contributed by atoms with Gasteiger partial charge in [-0.1, -0.05) is 42.5 Å². The molecule has 14 heteroatoms. The first-order valence-electron chi connectivity index (χ1n) is 13.3. The molecule has 232 valence electrons. The highest BCUT2D eigenvalue weighted by atomic mass is 19.4. The Morgan fingerprint density at radius 3 is 1.22 bits per heavy atom. The van der Waals surface area contributed by atoms with Crippen molar-refractivity contribution in [2.24, 2.45) is 5.92 Å². The van der Waals surface area contributed by atoms with Crippen LogP contribution in [0.3, 0.4) is 0 Å². The van der Waals surface area contributed by atoms with Crippen LogP contribution in [0.5, 0.6) is 0 Å². The Balaban J connectivity index is 1.45. The van der Waals surface area contributed by atoms with Crippen molar-refractivity contribution in [2.45, 2.75) is 48.4 Å². The van der Waals surface area contributed by atoms with Crippen molar-refractivity contribution in [3.8, 4) is 0 Å². The molecular weight excluding hydrogens is 632 g/mol. The minimum atomic E-state index is -5.71. The third-order valence-electron chi connectivity index (χ3n) is 9.71. The number of carbonyl (C=O) groups is 2. The molecule has 0 aliphatic heterocycles. The van der Waals surface area contributed by atoms with E-state index >= 15 is 0 Å². The summed E-state index contributed by atoms with van der Waals surface area (Å²) in [7, 11) is 0. The average molecular weight is 644 g/mol. The summed E-state index contributed by atoms with van der Waals surface area (Å²) in [5.41, 5.74) is -13.9. The predicted octanol–water partition coefficient (Wildman–Crippen LogP) is 8.34. The molecule has 0 saturated heterocycles. The average Bonchev–Trinajstić information content (AvgIpc) is 3.70. The van der Waals surface area contributed by atoms with Crippen LogP contribution in [-0.2, 0) is 9.59 Å². The van der Waals surface area contributed by atoms with Gasteiger partial charge in [-0.3, -0.25) is 9.59 Å². The highest BCUT2D eigenvalue weighted by Crippen LogP contribution is 2.71. The summed E-state index contributed by atoms with van der Waals surface area (Å²) < 4.78 is 175. The molecule has 7 aliphatic carbocycles. The van der Waals surface area contributed by atoms with Gasteiger partial charge in [0.25, 0.3) is 0 Å². The Kier molecular flexibility index (Phi) is 5.04. The number of ketones is 2. The summed E-state index contributed by atoms with van der Waals surface area (Å²) in [5, 5.41) is 0. The van der Waals surface area contributed by atoms with E-state index in [1.54, 1.807) is 0 Å². The van der Waals surface area contributed by atoms with Gasteiger partial charge in [0.15, 0.2) is 11.6 Å². The number of carbonyl (C=O) groups excluding carboxylic acids is 2. The van der Waals surface area contributed by atoms with Crippen LogP contribution in [0.2, 0.25) is 0 Å². The van der Waals surface area contributed by atoms with E-state index in [9.17, 15) is 62.3 Å². The molecule has 2 aromatic rings. The van der Waals surface area contributed by atoms with Gasteiger partial charge in [0.05, 0.1) is 22.3 Å². The number of allylic oxidation sites excluding steroid dienone is 8.